The van der Waals surface area contributed by atoms with E-state index in [1.165, 1.54) is 30.6 Å². The lowest BCUT2D eigenvalue weighted by Crippen LogP contribution is -2.12. The third-order valence-corrected chi connectivity index (χ3v) is 6.76. The molecule has 0 radical (unpaired) electrons. The monoisotopic (exact) mass is 461 g/mol. The molecule has 5 heteroatoms. The Bertz CT molecular complexity index is 815. The van der Waals surface area contributed by atoms with Crippen molar-refractivity contribution in [3.63, 3.8) is 0 Å². The van der Waals surface area contributed by atoms with Gasteiger partial charge in [-0.05, 0) is 49.6 Å². The van der Waals surface area contributed by atoms with E-state index in [9.17, 15) is 0 Å². The number of hydrogen-bond donors (Lipinski definition) is 0. The number of aryl methyl sites for hydroxylation is 1. The summed E-state index contributed by atoms with van der Waals surface area (Å²) in [6.45, 7) is 10.7. The van der Waals surface area contributed by atoms with Crippen molar-refractivity contribution in [3.05, 3.63) is 52.0 Å². The molecular weight excluding hydrogens is 422 g/mol. The Hall–Kier alpha value is -1.52. The first-order chi connectivity index (χ1) is 14.8. The molecule has 3 nitrogen and oxygen atoms in total. The van der Waals surface area contributed by atoms with Gasteiger partial charge in [-0.2, -0.15) is 0 Å². The zero-order valence-electron chi connectivity index (χ0n) is 20.4. The Kier molecular flexibility index (Phi) is 13.6. The van der Waals surface area contributed by atoms with Crippen LogP contribution in [-0.4, -0.2) is 24.1 Å². The molecule has 1 aromatic heterocycles. The van der Waals surface area contributed by atoms with Gasteiger partial charge in [0.05, 0.1) is 5.52 Å². The lowest BCUT2D eigenvalue weighted by molar-refractivity contribution is 0.308. The molecule has 1 saturated carbocycles. The average molecular weight is 462 g/mol. The number of anilines is 1. The number of nitrogens with zero attached hydrogens (tertiary/aromatic N) is 3. The molecule has 0 saturated heterocycles. The molecule has 1 aliphatic rings. The van der Waals surface area contributed by atoms with Gasteiger partial charge < -0.3 is 4.90 Å². The van der Waals surface area contributed by atoms with Gasteiger partial charge in [0.1, 0.15) is 11.6 Å². The first-order valence-electron chi connectivity index (χ1n) is 11.3. The van der Waals surface area contributed by atoms with Crippen LogP contribution in [0.2, 0.25) is 0 Å². The number of rotatable bonds is 4. The highest BCUT2D eigenvalue weighted by atomic mass is 35.5. The maximum absolute atomic E-state index is 5.49. The van der Waals surface area contributed by atoms with Gasteiger partial charge >= 0.3 is 0 Å². The van der Waals surface area contributed by atoms with Crippen LogP contribution < -0.4 is 4.90 Å². The number of allylic oxidation sites excluding steroid dienone is 2. The summed E-state index contributed by atoms with van der Waals surface area (Å²) in [6, 6.07) is 8.06. The summed E-state index contributed by atoms with van der Waals surface area (Å²) in [5, 5.41) is 3.13. The molecule has 1 aromatic carbocycles. The number of hydrogen-bond acceptors (Lipinski definition) is 4. The Labute approximate surface area is 199 Å². The van der Waals surface area contributed by atoms with Crippen LogP contribution in [0, 0.1) is 18.8 Å². The molecule has 0 bridgehead atoms. The second-order valence-corrected chi connectivity index (χ2v) is 9.64. The molecule has 1 aliphatic carbocycles. The van der Waals surface area contributed by atoms with E-state index in [2.05, 4.69) is 30.7 Å². The van der Waals surface area contributed by atoms with Gasteiger partial charge in [-0.1, -0.05) is 76.3 Å². The molecule has 172 valence electrons. The van der Waals surface area contributed by atoms with Crippen LogP contribution in [0.5, 0.6) is 0 Å². The van der Waals surface area contributed by atoms with Crippen molar-refractivity contribution in [3.8, 4) is 0 Å². The minimum Gasteiger partial charge on any atom is -0.362 e. The standard InChI is InChI=1S/C11H13N3.C8H16.C7H11ClS/c1-8-12-10-7-5-4-6-9(10)11(13-8)14(2)3;1-7-3-5-8(2)6-4-7;1-3-5-9-7(4-2)6-8/h4-7H,1-3H3;7-8H,3-6H2,1-2H3;3,5-6H,4H2,1-2H3/b;;5-3-,7-6+. The number of fused-ring (bicyclic) bond motifs is 1. The Morgan fingerprint density at radius 2 is 1.68 bits per heavy atom. The van der Waals surface area contributed by atoms with Crippen LogP contribution in [0.4, 0.5) is 5.82 Å². The van der Waals surface area contributed by atoms with Crippen molar-refractivity contribution < 1.29 is 0 Å². The van der Waals surface area contributed by atoms with Gasteiger partial charge in [0.2, 0.25) is 0 Å². The molecule has 3 rings (SSSR count). The van der Waals surface area contributed by atoms with E-state index in [-0.39, 0.29) is 0 Å². The van der Waals surface area contributed by atoms with E-state index in [1.807, 2.05) is 68.6 Å². The zero-order valence-corrected chi connectivity index (χ0v) is 21.9. The highest BCUT2D eigenvalue weighted by Crippen LogP contribution is 2.27. The van der Waals surface area contributed by atoms with Gasteiger partial charge in [-0.15, -0.1) is 11.8 Å². The fraction of sp³-hybridized carbons (Fsp3) is 0.538. The van der Waals surface area contributed by atoms with Crippen molar-refractivity contribution in [2.24, 2.45) is 11.8 Å². The average Bonchev–Trinajstić information content (AvgIpc) is 2.77. The first kappa shape index (κ1) is 27.5. The fourth-order valence-electron chi connectivity index (χ4n) is 3.28. The van der Waals surface area contributed by atoms with E-state index < -0.39 is 0 Å². The highest BCUT2D eigenvalue weighted by Gasteiger charge is 2.13. The van der Waals surface area contributed by atoms with Crippen molar-refractivity contribution in [1.82, 2.24) is 9.97 Å². The minimum absolute atomic E-state index is 0.812. The first-order valence-corrected chi connectivity index (χ1v) is 12.6. The SMILES string of the molecule is C/C=C\S/C(=C/Cl)CC.CC1CCC(C)CC1.Cc1nc(N(C)C)c2ccccc2n1. The highest BCUT2D eigenvalue weighted by molar-refractivity contribution is 8.05. The molecule has 0 spiro atoms. The second-order valence-electron chi connectivity index (χ2n) is 8.39. The lowest BCUT2D eigenvalue weighted by atomic mass is 9.84. The summed E-state index contributed by atoms with van der Waals surface area (Å²) in [6.07, 6.45) is 8.91. The molecule has 1 heterocycles. The Balaban J connectivity index is 0.000000247. The molecule has 0 amide bonds. The van der Waals surface area contributed by atoms with E-state index in [1.54, 1.807) is 17.3 Å². The van der Waals surface area contributed by atoms with E-state index in [0.29, 0.717) is 0 Å². The fourth-order valence-corrected chi connectivity index (χ4v) is 4.12. The maximum Gasteiger partial charge on any atom is 0.139 e. The van der Waals surface area contributed by atoms with Crippen LogP contribution in [0.25, 0.3) is 10.9 Å². The zero-order chi connectivity index (χ0) is 23.2. The van der Waals surface area contributed by atoms with Crippen molar-refractivity contribution in [1.29, 1.82) is 0 Å². The van der Waals surface area contributed by atoms with Gasteiger partial charge in [-0.3, -0.25) is 0 Å². The smallest absolute Gasteiger partial charge is 0.139 e. The Morgan fingerprint density at radius 3 is 2.16 bits per heavy atom. The topological polar surface area (TPSA) is 29.0 Å². The summed E-state index contributed by atoms with van der Waals surface area (Å²) in [7, 11) is 3.99. The lowest BCUT2D eigenvalue weighted by Gasteiger charge is -2.22. The van der Waals surface area contributed by atoms with E-state index in [0.717, 1.165) is 40.8 Å². The predicted molar refractivity (Wildman–Crippen MR) is 142 cm³/mol. The van der Waals surface area contributed by atoms with E-state index >= 15 is 0 Å². The summed E-state index contributed by atoms with van der Waals surface area (Å²) in [4.78, 5) is 12.0. The van der Waals surface area contributed by atoms with Crippen LogP contribution in [0.3, 0.4) is 0 Å². The number of halogens is 1. The van der Waals surface area contributed by atoms with Gasteiger partial charge in [0.25, 0.3) is 0 Å². The predicted octanol–water partition coefficient (Wildman–Crippen LogP) is 8.58. The normalized spacial score (nSPS) is 18.8. The van der Waals surface area contributed by atoms with Gasteiger partial charge in [-0.25, -0.2) is 9.97 Å². The summed E-state index contributed by atoms with van der Waals surface area (Å²) in [5.41, 5.74) is 2.63. The van der Waals surface area contributed by atoms with Gasteiger partial charge in [0, 0.05) is 29.9 Å². The number of para-hydroxylation sites is 1. The largest absolute Gasteiger partial charge is 0.362 e. The van der Waals surface area contributed by atoms with Crippen molar-refractivity contribution in [2.75, 3.05) is 19.0 Å². The second kappa shape index (κ2) is 15.3. The molecule has 0 aliphatic heterocycles. The molecule has 0 N–H and O–H groups in total. The molecule has 0 atom stereocenters. The molecule has 2 aromatic rings. The van der Waals surface area contributed by atoms with Crippen LogP contribution in [0.15, 0.2) is 46.2 Å². The molecule has 31 heavy (non-hydrogen) atoms. The van der Waals surface area contributed by atoms with Crippen LogP contribution in [-0.2, 0) is 0 Å². The third-order valence-electron chi connectivity index (χ3n) is 5.25. The van der Waals surface area contributed by atoms with Crippen molar-refractivity contribution >= 4 is 40.1 Å². The quantitative estimate of drug-likeness (QED) is 0.455. The summed E-state index contributed by atoms with van der Waals surface area (Å²) in [5.74, 6) is 3.83. The number of aromatic nitrogens is 2. The molecular formula is C26H40ClN3S. The van der Waals surface area contributed by atoms with Crippen LogP contribution >= 0.6 is 23.4 Å². The summed E-state index contributed by atoms with van der Waals surface area (Å²) < 4.78 is 0. The summed E-state index contributed by atoms with van der Waals surface area (Å²) >= 11 is 7.16. The number of thioether (sulfide) groups is 1. The van der Waals surface area contributed by atoms with Crippen molar-refractivity contribution in [2.45, 2.75) is 66.7 Å². The minimum atomic E-state index is 0.812. The maximum atomic E-state index is 5.49. The van der Waals surface area contributed by atoms with E-state index in [4.69, 9.17) is 11.6 Å². The van der Waals surface area contributed by atoms with Gasteiger partial charge in [0.15, 0.2) is 0 Å². The van der Waals surface area contributed by atoms with Crippen LogP contribution in [0.1, 0.15) is 65.6 Å². The Morgan fingerprint density at radius 1 is 1.10 bits per heavy atom. The third kappa shape index (κ3) is 10.6. The molecule has 1 fully saturated rings. The molecule has 0 unspecified atom stereocenters. The number of benzene rings is 1.